The van der Waals surface area contributed by atoms with Crippen LogP contribution in [-0.4, -0.2) is 18.2 Å². The SMILES string of the molecule is CC/C(=N/OCc1c(CC)cccc1N1N=NCCC(C)CC1=O)c1cccc(C(F)(F)F)c1. The number of anilines is 1. The zero-order valence-electron chi connectivity index (χ0n) is 19.6. The molecule has 1 amide bonds. The summed E-state index contributed by atoms with van der Waals surface area (Å²) in [7, 11) is 0. The van der Waals surface area contributed by atoms with Crippen molar-refractivity contribution in [2.75, 3.05) is 11.6 Å². The number of amides is 1. The molecule has 34 heavy (non-hydrogen) atoms. The first-order valence-corrected chi connectivity index (χ1v) is 11.4. The van der Waals surface area contributed by atoms with Crippen LogP contribution in [0, 0.1) is 5.92 Å². The summed E-state index contributed by atoms with van der Waals surface area (Å²) in [6, 6.07) is 10.6. The van der Waals surface area contributed by atoms with E-state index in [2.05, 4.69) is 15.5 Å². The van der Waals surface area contributed by atoms with Gasteiger partial charge in [0.25, 0.3) is 0 Å². The molecule has 1 unspecified atom stereocenters. The Hall–Kier alpha value is -3.23. The number of oxime groups is 1. The van der Waals surface area contributed by atoms with Crippen LogP contribution in [0.2, 0.25) is 0 Å². The van der Waals surface area contributed by atoms with Crippen LogP contribution >= 0.6 is 0 Å². The summed E-state index contributed by atoms with van der Waals surface area (Å²) in [5.74, 6) is 0.0552. The van der Waals surface area contributed by atoms with Gasteiger partial charge in [-0.3, -0.25) is 4.79 Å². The van der Waals surface area contributed by atoms with Crippen molar-refractivity contribution in [1.82, 2.24) is 0 Å². The van der Waals surface area contributed by atoms with Crippen molar-refractivity contribution >= 4 is 17.3 Å². The molecule has 0 saturated carbocycles. The van der Waals surface area contributed by atoms with Crippen molar-refractivity contribution in [2.24, 2.45) is 21.4 Å². The minimum Gasteiger partial charge on any atom is -0.391 e. The number of alkyl halides is 3. The van der Waals surface area contributed by atoms with Gasteiger partial charge in [-0.15, -0.1) is 0 Å². The van der Waals surface area contributed by atoms with Crippen LogP contribution in [0.4, 0.5) is 18.9 Å². The first kappa shape index (κ1) is 25.4. The molecule has 3 rings (SSSR count). The molecule has 1 aliphatic rings. The molecule has 0 radical (unpaired) electrons. The number of rotatable bonds is 7. The van der Waals surface area contributed by atoms with Crippen LogP contribution in [0.5, 0.6) is 0 Å². The molecule has 0 N–H and O–H groups in total. The van der Waals surface area contributed by atoms with Crippen molar-refractivity contribution in [3.05, 3.63) is 64.7 Å². The van der Waals surface area contributed by atoms with E-state index in [4.69, 9.17) is 4.84 Å². The Morgan fingerprint density at radius 1 is 1.21 bits per heavy atom. The molecule has 0 spiro atoms. The number of aryl methyl sites for hydroxylation is 1. The maximum Gasteiger partial charge on any atom is 0.416 e. The molecule has 182 valence electrons. The molecular formula is C25H29F3N4O2. The smallest absolute Gasteiger partial charge is 0.391 e. The van der Waals surface area contributed by atoms with Gasteiger partial charge in [-0.1, -0.05) is 55.4 Å². The van der Waals surface area contributed by atoms with Crippen molar-refractivity contribution in [2.45, 2.75) is 59.2 Å². The first-order valence-electron chi connectivity index (χ1n) is 11.4. The van der Waals surface area contributed by atoms with Gasteiger partial charge in [0.2, 0.25) is 5.91 Å². The number of nitrogens with zero attached hydrogens (tertiary/aromatic N) is 4. The molecule has 0 fully saturated rings. The maximum atomic E-state index is 13.1. The Labute approximate surface area is 197 Å². The average molecular weight is 475 g/mol. The van der Waals surface area contributed by atoms with Crippen molar-refractivity contribution in [1.29, 1.82) is 0 Å². The van der Waals surface area contributed by atoms with E-state index in [1.54, 1.807) is 19.1 Å². The van der Waals surface area contributed by atoms with E-state index in [-0.39, 0.29) is 18.4 Å². The van der Waals surface area contributed by atoms with E-state index in [0.29, 0.717) is 42.8 Å². The number of carbonyl (C=O) groups excluding carboxylic acids is 1. The minimum absolute atomic E-state index is 0.0384. The second-order valence-corrected chi connectivity index (χ2v) is 8.27. The third-order valence-corrected chi connectivity index (χ3v) is 5.73. The van der Waals surface area contributed by atoms with E-state index < -0.39 is 11.7 Å². The maximum absolute atomic E-state index is 13.1. The highest BCUT2D eigenvalue weighted by Gasteiger charge is 2.30. The minimum atomic E-state index is -4.44. The molecule has 1 heterocycles. The second kappa shape index (κ2) is 11.3. The third kappa shape index (κ3) is 6.21. The summed E-state index contributed by atoms with van der Waals surface area (Å²) < 4.78 is 39.3. The van der Waals surface area contributed by atoms with Gasteiger partial charge in [-0.05, 0) is 54.5 Å². The van der Waals surface area contributed by atoms with Gasteiger partial charge >= 0.3 is 6.18 Å². The Bertz CT molecular complexity index is 1070. The monoisotopic (exact) mass is 474 g/mol. The molecule has 0 bridgehead atoms. The quantitative estimate of drug-likeness (QED) is 0.330. The molecule has 1 atom stereocenters. The normalized spacial score (nSPS) is 17.5. The van der Waals surface area contributed by atoms with Gasteiger partial charge in [0, 0.05) is 12.0 Å². The van der Waals surface area contributed by atoms with Crippen molar-refractivity contribution in [3.8, 4) is 0 Å². The zero-order chi connectivity index (χ0) is 24.7. The van der Waals surface area contributed by atoms with Gasteiger partial charge in [-0.2, -0.15) is 23.3 Å². The van der Waals surface area contributed by atoms with Crippen LogP contribution in [0.3, 0.4) is 0 Å². The molecule has 2 aromatic carbocycles. The molecule has 6 nitrogen and oxygen atoms in total. The van der Waals surface area contributed by atoms with E-state index in [0.717, 1.165) is 29.7 Å². The highest BCUT2D eigenvalue weighted by molar-refractivity contribution is 6.00. The number of benzene rings is 2. The lowest BCUT2D eigenvalue weighted by Gasteiger charge is -2.23. The predicted molar refractivity (Wildman–Crippen MR) is 124 cm³/mol. The van der Waals surface area contributed by atoms with E-state index in [1.807, 2.05) is 26.0 Å². The van der Waals surface area contributed by atoms with E-state index in [1.165, 1.54) is 11.1 Å². The fraction of sp³-hybridized carbons (Fsp3) is 0.440. The molecule has 0 aromatic heterocycles. The summed E-state index contributed by atoms with van der Waals surface area (Å²) in [6.45, 7) is 6.39. The van der Waals surface area contributed by atoms with Gasteiger partial charge in [0.1, 0.15) is 6.61 Å². The highest BCUT2D eigenvalue weighted by atomic mass is 19.4. The fourth-order valence-corrected chi connectivity index (χ4v) is 3.79. The molecule has 0 saturated heterocycles. The first-order chi connectivity index (χ1) is 16.2. The summed E-state index contributed by atoms with van der Waals surface area (Å²) in [4.78, 5) is 18.5. The van der Waals surface area contributed by atoms with Gasteiger partial charge < -0.3 is 4.84 Å². The standard InChI is InChI=1S/C25H29F3N4O2/c1-4-18-8-7-11-23(32-24(33)14-17(3)12-13-29-31-32)21(18)16-34-30-22(5-2)19-9-6-10-20(15-19)25(26,27)28/h6-11,15,17H,4-5,12-14,16H2,1-3H3/b30-22-,31-29?. The van der Waals surface area contributed by atoms with Crippen LogP contribution in [0.1, 0.15) is 62.3 Å². The molecule has 9 heteroatoms. The number of halogens is 3. The van der Waals surface area contributed by atoms with Crippen LogP contribution in [-0.2, 0) is 28.8 Å². The largest absolute Gasteiger partial charge is 0.416 e. The predicted octanol–water partition coefficient (Wildman–Crippen LogP) is 6.73. The lowest BCUT2D eigenvalue weighted by atomic mass is 10.0. The van der Waals surface area contributed by atoms with Crippen molar-refractivity contribution < 1.29 is 22.8 Å². The lowest BCUT2D eigenvalue weighted by molar-refractivity contribution is -0.137. The Morgan fingerprint density at radius 3 is 2.68 bits per heavy atom. The third-order valence-electron chi connectivity index (χ3n) is 5.73. The lowest BCUT2D eigenvalue weighted by Crippen LogP contribution is -2.29. The number of hydrogen-bond acceptors (Lipinski definition) is 5. The Kier molecular flexibility index (Phi) is 8.41. The molecular weight excluding hydrogens is 445 g/mol. The van der Waals surface area contributed by atoms with Crippen LogP contribution in [0.15, 0.2) is 58.0 Å². The Morgan fingerprint density at radius 2 is 1.97 bits per heavy atom. The van der Waals surface area contributed by atoms with Gasteiger partial charge in [-0.25, -0.2) is 0 Å². The van der Waals surface area contributed by atoms with Crippen molar-refractivity contribution in [3.63, 3.8) is 0 Å². The van der Waals surface area contributed by atoms with Gasteiger partial charge in [0.15, 0.2) is 0 Å². The Balaban J connectivity index is 1.89. The molecule has 1 aliphatic heterocycles. The van der Waals surface area contributed by atoms with E-state index in [9.17, 15) is 18.0 Å². The highest BCUT2D eigenvalue weighted by Crippen LogP contribution is 2.31. The topological polar surface area (TPSA) is 66.6 Å². The molecule has 0 aliphatic carbocycles. The number of hydrogen-bond donors (Lipinski definition) is 0. The average Bonchev–Trinajstić information content (AvgIpc) is 2.80. The van der Waals surface area contributed by atoms with E-state index >= 15 is 0 Å². The molecule has 2 aromatic rings. The summed E-state index contributed by atoms with van der Waals surface area (Å²) >= 11 is 0. The fourth-order valence-electron chi connectivity index (χ4n) is 3.79. The summed E-state index contributed by atoms with van der Waals surface area (Å²) in [5, 5.41) is 13.8. The van der Waals surface area contributed by atoms with Gasteiger partial charge in [0.05, 0.1) is 23.5 Å². The zero-order valence-corrected chi connectivity index (χ0v) is 19.6. The summed E-state index contributed by atoms with van der Waals surface area (Å²) in [5.41, 5.74) is 2.30. The van der Waals surface area contributed by atoms with Crippen LogP contribution in [0.25, 0.3) is 0 Å². The van der Waals surface area contributed by atoms with Crippen LogP contribution < -0.4 is 5.01 Å². The second-order valence-electron chi connectivity index (χ2n) is 8.27. The summed E-state index contributed by atoms with van der Waals surface area (Å²) in [6.07, 6.45) is -2.18. The number of carbonyl (C=O) groups is 1.